The number of nitrogens with zero attached hydrogens (tertiary/aromatic N) is 4. The van der Waals surface area contributed by atoms with Crippen LogP contribution in [0, 0.1) is 0 Å². The van der Waals surface area contributed by atoms with Crippen LogP contribution in [0.3, 0.4) is 0 Å². The largest absolute Gasteiger partial charge is 0.369 e. The van der Waals surface area contributed by atoms with Crippen LogP contribution >= 0.6 is 20.0 Å². The Labute approximate surface area is 214 Å². The van der Waals surface area contributed by atoms with Crippen molar-refractivity contribution in [1.82, 2.24) is 19.7 Å². The molecule has 1 aliphatic heterocycles. The van der Waals surface area contributed by atoms with Gasteiger partial charge in [0.15, 0.2) is 20.3 Å². The maximum absolute atomic E-state index is 6.29. The highest BCUT2D eigenvalue weighted by atomic mass is 35.5. The summed E-state index contributed by atoms with van der Waals surface area (Å²) in [6, 6.07) is 0.423. The van der Waals surface area contributed by atoms with Crippen LogP contribution in [0.4, 0.5) is 5.82 Å². The molecule has 2 atom stereocenters. The lowest BCUT2D eigenvalue weighted by atomic mass is 10.2. The number of ether oxygens (including phenoxy) is 2. The molecule has 2 aromatic rings. The van der Waals surface area contributed by atoms with E-state index in [4.69, 9.17) is 30.1 Å². The van der Waals surface area contributed by atoms with E-state index in [9.17, 15) is 0 Å². The van der Waals surface area contributed by atoms with Crippen LogP contribution < -0.4 is 5.32 Å². The van der Waals surface area contributed by atoms with Gasteiger partial charge in [0.1, 0.15) is 12.2 Å². The lowest BCUT2D eigenvalue weighted by Crippen LogP contribution is -2.24. The van der Waals surface area contributed by atoms with E-state index < -0.39 is 8.38 Å². The molecular weight excluding hydrogens is 489 g/mol. The number of hydrogen-bond donors (Lipinski definition) is 1. The monoisotopic (exact) mass is 527 g/mol. The Morgan fingerprint density at radius 1 is 1.06 bits per heavy atom. The van der Waals surface area contributed by atoms with Gasteiger partial charge in [-0.1, -0.05) is 12.8 Å². The Bertz CT molecular complexity index is 971. The molecule has 196 valence electrons. The molecule has 0 radical (unpaired) electrons. The number of halogens is 1. The van der Waals surface area contributed by atoms with Crippen molar-refractivity contribution in [2.24, 2.45) is 0 Å². The molecule has 1 N–H and O–H groups in total. The highest BCUT2D eigenvalue weighted by Gasteiger charge is 2.31. The normalized spacial score (nSPS) is 22.1. The van der Waals surface area contributed by atoms with Crippen molar-refractivity contribution in [3.05, 3.63) is 11.5 Å². The van der Waals surface area contributed by atoms with Crippen molar-refractivity contribution >= 4 is 36.8 Å². The Hall–Kier alpha value is -1.09. The fourth-order valence-corrected chi connectivity index (χ4v) is 6.20. The summed E-state index contributed by atoms with van der Waals surface area (Å²) in [4.78, 5) is 8.90. The Balaban J connectivity index is 1.36. The van der Waals surface area contributed by atoms with Gasteiger partial charge in [-0.3, -0.25) is 0 Å². The van der Waals surface area contributed by atoms with Crippen molar-refractivity contribution in [3.63, 3.8) is 0 Å². The second-order valence-electron chi connectivity index (χ2n) is 11.3. The standard InChI is InChI=1S/C24H39ClN5O4P/c1-23(2,3)33-35(34-24(4,5)6)15-31-14-17-11-12-19(32-17)30-21-18(13-26-30)20(28-22(25)29-21)27-16-9-7-8-10-16/h13,16-17,19H,7-12,14-15H2,1-6H3,(H,27,28,29). The van der Waals surface area contributed by atoms with E-state index in [1.165, 1.54) is 12.8 Å². The highest BCUT2D eigenvalue weighted by molar-refractivity contribution is 7.47. The third-order valence-corrected chi connectivity index (χ3v) is 7.80. The van der Waals surface area contributed by atoms with Gasteiger partial charge in [-0.15, -0.1) is 0 Å². The van der Waals surface area contributed by atoms with Crippen molar-refractivity contribution < 1.29 is 18.5 Å². The molecule has 2 unspecified atom stereocenters. The van der Waals surface area contributed by atoms with Gasteiger partial charge in [0.25, 0.3) is 0 Å². The molecule has 1 saturated heterocycles. The molecule has 1 aliphatic carbocycles. The summed E-state index contributed by atoms with van der Waals surface area (Å²) in [5, 5.41) is 9.21. The van der Waals surface area contributed by atoms with E-state index in [-0.39, 0.29) is 28.8 Å². The fraction of sp³-hybridized carbons (Fsp3) is 0.792. The van der Waals surface area contributed by atoms with Crippen LogP contribution in [0.15, 0.2) is 6.20 Å². The molecule has 9 nitrogen and oxygen atoms in total. The molecule has 4 rings (SSSR count). The van der Waals surface area contributed by atoms with Crippen LogP contribution in [-0.4, -0.2) is 56.1 Å². The predicted octanol–water partition coefficient (Wildman–Crippen LogP) is 6.43. The zero-order valence-electron chi connectivity index (χ0n) is 21.7. The molecule has 0 spiro atoms. The molecule has 2 aromatic heterocycles. The molecule has 0 bridgehead atoms. The van der Waals surface area contributed by atoms with Gasteiger partial charge in [0.05, 0.1) is 35.5 Å². The number of hydrogen-bond acceptors (Lipinski definition) is 8. The summed E-state index contributed by atoms with van der Waals surface area (Å²) < 4.78 is 26.3. The van der Waals surface area contributed by atoms with Gasteiger partial charge in [0, 0.05) is 6.04 Å². The second-order valence-corrected chi connectivity index (χ2v) is 13.0. The Morgan fingerprint density at radius 2 is 1.74 bits per heavy atom. The van der Waals surface area contributed by atoms with Crippen molar-refractivity contribution in [2.75, 3.05) is 18.3 Å². The third kappa shape index (κ3) is 7.70. The summed E-state index contributed by atoms with van der Waals surface area (Å²) in [5.74, 6) is 0.752. The fourth-order valence-electron chi connectivity index (χ4n) is 4.41. The molecule has 3 heterocycles. The predicted molar refractivity (Wildman–Crippen MR) is 139 cm³/mol. The van der Waals surface area contributed by atoms with Crippen LogP contribution in [0.1, 0.15) is 86.3 Å². The smallest absolute Gasteiger partial charge is 0.226 e. The van der Waals surface area contributed by atoms with E-state index in [1.54, 1.807) is 6.20 Å². The van der Waals surface area contributed by atoms with E-state index in [0.717, 1.165) is 36.9 Å². The number of rotatable bonds is 9. The lowest BCUT2D eigenvalue weighted by Gasteiger charge is -2.31. The molecule has 11 heteroatoms. The first-order valence-corrected chi connectivity index (χ1v) is 14.3. The quantitative estimate of drug-likeness (QED) is 0.294. The van der Waals surface area contributed by atoms with Crippen molar-refractivity contribution in [1.29, 1.82) is 0 Å². The molecule has 1 saturated carbocycles. The summed E-state index contributed by atoms with van der Waals surface area (Å²) >= 11 is 6.28. The van der Waals surface area contributed by atoms with Gasteiger partial charge >= 0.3 is 0 Å². The summed E-state index contributed by atoms with van der Waals surface area (Å²) in [7, 11) is -1.18. The average molecular weight is 528 g/mol. The first-order valence-electron chi connectivity index (χ1n) is 12.5. The maximum Gasteiger partial charge on any atom is 0.226 e. The Morgan fingerprint density at radius 3 is 2.40 bits per heavy atom. The van der Waals surface area contributed by atoms with Gasteiger partial charge in [-0.2, -0.15) is 15.1 Å². The van der Waals surface area contributed by atoms with E-state index >= 15 is 0 Å². The number of fused-ring (bicyclic) bond motifs is 1. The summed E-state index contributed by atoms with van der Waals surface area (Å²) in [6.45, 7) is 12.6. The van der Waals surface area contributed by atoms with Gasteiger partial charge in [-0.05, 0) is 78.8 Å². The molecule has 0 aromatic carbocycles. The van der Waals surface area contributed by atoms with Gasteiger partial charge in [0.2, 0.25) is 5.28 Å². The number of nitrogens with one attached hydrogen (secondary N) is 1. The molecule has 2 aliphatic rings. The van der Waals surface area contributed by atoms with Crippen LogP contribution in [0.25, 0.3) is 11.0 Å². The molecule has 0 amide bonds. The zero-order valence-corrected chi connectivity index (χ0v) is 23.4. The summed E-state index contributed by atoms with van der Waals surface area (Å²) in [5.41, 5.74) is 0.0912. The van der Waals surface area contributed by atoms with Gasteiger partial charge < -0.3 is 23.8 Å². The molecular formula is C24H39ClN5O4P. The third-order valence-electron chi connectivity index (χ3n) is 5.73. The average Bonchev–Trinajstić information content (AvgIpc) is 3.46. The first kappa shape index (κ1) is 27.0. The van der Waals surface area contributed by atoms with E-state index in [2.05, 4.69) is 20.4 Å². The minimum absolute atomic E-state index is 0.0335. The van der Waals surface area contributed by atoms with Gasteiger partial charge in [-0.25, -0.2) is 4.68 Å². The maximum atomic E-state index is 6.29. The van der Waals surface area contributed by atoms with Crippen molar-refractivity contribution in [3.8, 4) is 0 Å². The topological polar surface area (TPSA) is 92.6 Å². The van der Waals surface area contributed by atoms with Crippen molar-refractivity contribution in [2.45, 2.75) is 110 Å². The SMILES string of the molecule is CC(C)(C)OP(COCC1CCC(n2ncc3c(NC4CCCC4)nc(Cl)nc32)O1)OC(C)(C)C. The van der Waals surface area contributed by atoms with E-state index in [1.807, 2.05) is 46.2 Å². The minimum atomic E-state index is -1.18. The second kappa shape index (κ2) is 11.1. The van der Waals surface area contributed by atoms with Crippen LogP contribution in [-0.2, 0) is 18.5 Å². The van der Waals surface area contributed by atoms with Crippen LogP contribution in [0.5, 0.6) is 0 Å². The number of aromatic nitrogens is 4. The molecule has 2 fully saturated rings. The zero-order chi connectivity index (χ0) is 25.2. The summed E-state index contributed by atoms with van der Waals surface area (Å²) in [6.07, 6.45) is 8.42. The van der Waals surface area contributed by atoms with Crippen LogP contribution in [0.2, 0.25) is 5.28 Å². The molecule has 35 heavy (non-hydrogen) atoms. The lowest BCUT2D eigenvalue weighted by molar-refractivity contribution is -0.0408. The highest BCUT2D eigenvalue weighted by Crippen LogP contribution is 2.46. The Kier molecular flexibility index (Phi) is 8.56. The van der Waals surface area contributed by atoms with E-state index in [0.29, 0.717) is 24.6 Å². The minimum Gasteiger partial charge on any atom is -0.369 e. The first-order chi connectivity index (χ1) is 16.5. The number of anilines is 1.